The third kappa shape index (κ3) is 6.54. The number of aryl methyl sites for hydroxylation is 1. The van der Waals surface area contributed by atoms with Gasteiger partial charge in [0, 0.05) is 23.9 Å². The number of anilines is 1. The van der Waals surface area contributed by atoms with Gasteiger partial charge >= 0.3 is 11.9 Å². The summed E-state index contributed by atoms with van der Waals surface area (Å²) >= 11 is 0. The molecule has 0 aliphatic rings. The molecule has 9 nitrogen and oxygen atoms in total. The number of benzene rings is 4. The summed E-state index contributed by atoms with van der Waals surface area (Å²) in [7, 11) is 1.33. The van der Waals surface area contributed by atoms with Crippen LogP contribution in [0.2, 0.25) is 0 Å². The van der Waals surface area contributed by atoms with Crippen LogP contribution in [-0.2, 0) is 6.42 Å². The number of ketones is 1. The number of carboxylic acids is 2. The maximum absolute atomic E-state index is 13.3. The second kappa shape index (κ2) is 12.1. The van der Waals surface area contributed by atoms with E-state index in [9.17, 15) is 34.2 Å². The molecule has 0 aliphatic carbocycles. The highest BCUT2D eigenvalue weighted by Gasteiger charge is 2.22. The van der Waals surface area contributed by atoms with Crippen molar-refractivity contribution in [2.75, 3.05) is 12.4 Å². The Balaban J connectivity index is 1.59. The van der Waals surface area contributed by atoms with Gasteiger partial charge in [-0.15, -0.1) is 0 Å². The third-order valence-corrected chi connectivity index (χ3v) is 6.48. The largest absolute Gasteiger partial charge is 0.478 e. The lowest BCUT2D eigenvalue weighted by molar-refractivity contribution is 0.0683. The van der Waals surface area contributed by atoms with Gasteiger partial charge in [-0.2, -0.15) is 0 Å². The molecule has 4 N–H and O–H groups in total. The van der Waals surface area contributed by atoms with Crippen molar-refractivity contribution in [2.45, 2.75) is 13.3 Å². The van der Waals surface area contributed by atoms with E-state index >= 15 is 0 Å². The molecule has 0 unspecified atom stereocenters. The normalized spacial score (nSPS) is 10.5. The molecular formula is C32H26N2O7. The second-order valence-electron chi connectivity index (χ2n) is 9.35. The van der Waals surface area contributed by atoms with Gasteiger partial charge in [-0.05, 0) is 60.9 Å². The number of hydrogen-bond acceptors (Lipinski definition) is 5. The van der Waals surface area contributed by atoms with E-state index in [-0.39, 0.29) is 33.4 Å². The molecule has 206 valence electrons. The summed E-state index contributed by atoms with van der Waals surface area (Å²) in [6.07, 6.45) is 0.705. The Kier molecular flexibility index (Phi) is 8.38. The zero-order chi connectivity index (χ0) is 29.7. The van der Waals surface area contributed by atoms with E-state index in [0.717, 1.165) is 35.4 Å². The molecule has 0 aliphatic heterocycles. The molecular weight excluding hydrogens is 524 g/mol. The SMILES string of the molecule is CNC(=O)c1cc(C(=O)c2ccc(C(=O)O)c(C(=O)Nc3ccc(Cc4ccc(C)cc4)cc3)c2)ccc1C(=O)O. The standard InChI is InChI=1S/C32H26N2O7/c1-18-3-5-19(6-4-18)15-20-7-11-23(12-8-20)34-30(37)27-17-22(10-14-25(27)32(40)41)28(35)21-9-13-24(31(38)39)26(16-21)29(36)33-2/h3-14,16-17H,15H2,1-2H3,(H,33,36)(H,34,37)(H,38,39)(H,40,41). The van der Waals surface area contributed by atoms with Crippen LogP contribution in [0.5, 0.6) is 0 Å². The van der Waals surface area contributed by atoms with E-state index in [4.69, 9.17) is 0 Å². The molecule has 0 atom stereocenters. The van der Waals surface area contributed by atoms with Gasteiger partial charge in [0.1, 0.15) is 0 Å². The number of carboxylic acid groups (broad SMARTS) is 2. The first kappa shape index (κ1) is 28.4. The highest BCUT2D eigenvalue weighted by molar-refractivity contribution is 6.16. The Morgan fingerprint density at radius 2 is 1.07 bits per heavy atom. The fourth-order valence-corrected chi connectivity index (χ4v) is 4.27. The molecule has 0 saturated carbocycles. The van der Waals surface area contributed by atoms with Gasteiger partial charge in [0.15, 0.2) is 5.78 Å². The van der Waals surface area contributed by atoms with Gasteiger partial charge in [0.2, 0.25) is 0 Å². The summed E-state index contributed by atoms with van der Waals surface area (Å²) in [5, 5.41) is 24.1. The first-order valence-corrected chi connectivity index (χ1v) is 12.5. The Bertz CT molecular complexity index is 1670. The number of carbonyl (C=O) groups excluding carboxylic acids is 3. The summed E-state index contributed by atoms with van der Waals surface area (Å²) < 4.78 is 0. The van der Waals surface area contributed by atoms with Gasteiger partial charge in [0.25, 0.3) is 11.8 Å². The van der Waals surface area contributed by atoms with Crippen LogP contribution in [0, 0.1) is 6.92 Å². The van der Waals surface area contributed by atoms with Crippen LogP contribution in [0.4, 0.5) is 5.69 Å². The smallest absolute Gasteiger partial charge is 0.336 e. The van der Waals surface area contributed by atoms with Crippen LogP contribution in [0.3, 0.4) is 0 Å². The average molecular weight is 551 g/mol. The Morgan fingerprint density at radius 1 is 0.610 bits per heavy atom. The molecule has 4 rings (SSSR count). The van der Waals surface area contributed by atoms with Crippen molar-refractivity contribution in [1.82, 2.24) is 5.32 Å². The molecule has 0 heterocycles. The summed E-state index contributed by atoms with van der Waals surface area (Å²) in [4.78, 5) is 62.0. The van der Waals surface area contributed by atoms with E-state index in [0.29, 0.717) is 12.1 Å². The molecule has 0 spiro atoms. The molecule has 0 bridgehead atoms. The maximum Gasteiger partial charge on any atom is 0.336 e. The molecule has 0 aromatic heterocycles. The van der Waals surface area contributed by atoms with Crippen molar-refractivity contribution >= 4 is 35.2 Å². The van der Waals surface area contributed by atoms with E-state index < -0.39 is 29.5 Å². The highest BCUT2D eigenvalue weighted by atomic mass is 16.4. The van der Waals surface area contributed by atoms with Gasteiger partial charge in [-0.3, -0.25) is 14.4 Å². The molecule has 9 heteroatoms. The zero-order valence-corrected chi connectivity index (χ0v) is 22.2. The Morgan fingerprint density at radius 3 is 1.54 bits per heavy atom. The van der Waals surface area contributed by atoms with Crippen LogP contribution in [-0.4, -0.2) is 46.8 Å². The number of hydrogen-bond donors (Lipinski definition) is 4. The Labute approximate surface area is 235 Å². The van der Waals surface area contributed by atoms with Crippen LogP contribution in [0.15, 0.2) is 84.9 Å². The number of nitrogens with one attached hydrogen (secondary N) is 2. The number of rotatable bonds is 9. The molecule has 0 radical (unpaired) electrons. The summed E-state index contributed by atoms with van der Waals surface area (Å²) in [6, 6.07) is 22.4. The van der Waals surface area contributed by atoms with Crippen molar-refractivity contribution in [3.05, 3.63) is 135 Å². The maximum atomic E-state index is 13.3. The van der Waals surface area contributed by atoms with Gasteiger partial charge < -0.3 is 20.8 Å². The highest BCUT2D eigenvalue weighted by Crippen LogP contribution is 2.21. The number of amides is 2. The summed E-state index contributed by atoms with van der Waals surface area (Å²) in [5.41, 5.74) is 2.72. The van der Waals surface area contributed by atoms with Crippen LogP contribution < -0.4 is 10.6 Å². The van der Waals surface area contributed by atoms with Gasteiger partial charge in [-0.25, -0.2) is 9.59 Å². The van der Waals surface area contributed by atoms with Crippen molar-refractivity contribution < 1.29 is 34.2 Å². The number of aromatic carboxylic acids is 2. The zero-order valence-electron chi connectivity index (χ0n) is 22.2. The lowest BCUT2D eigenvalue weighted by atomic mass is 9.95. The van der Waals surface area contributed by atoms with E-state index in [1.165, 1.54) is 24.7 Å². The van der Waals surface area contributed by atoms with Crippen molar-refractivity contribution in [3.8, 4) is 0 Å². The molecule has 4 aromatic carbocycles. The molecule has 2 amide bonds. The topological polar surface area (TPSA) is 150 Å². The first-order chi connectivity index (χ1) is 19.6. The second-order valence-corrected chi connectivity index (χ2v) is 9.35. The fourth-order valence-electron chi connectivity index (χ4n) is 4.27. The minimum Gasteiger partial charge on any atom is -0.478 e. The minimum absolute atomic E-state index is 0.00722. The first-order valence-electron chi connectivity index (χ1n) is 12.5. The van der Waals surface area contributed by atoms with E-state index in [1.807, 2.05) is 43.3 Å². The summed E-state index contributed by atoms with van der Waals surface area (Å²) in [5.74, 6) is -4.73. The van der Waals surface area contributed by atoms with Crippen molar-refractivity contribution in [2.24, 2.45) is 0 Å². The van der Waals surface area contributed by atoms with Gasteiger partial charge in [0.05, 0.1) is 22.3 Å². The van der Waals surface area contributed by atoms with Crippen LogP contribution in [0.1, 0.15) is 74.0 Å². The van der Waals surface area contributed by atoms with Crippen LogP contribution in [0.25, 0.3) is 0 Å². The van der Waals surface area contributed by atoms with Crippen LogP contribution >= 0.6 is 0 Å². The molecule has 41 heavy (non-hydrogen) atoms. The predicted molar refractivity (Wildman–Crippen MR) is 152 cm³/mol. The summed E-state index contributed by atoms with van der Waals surface area (Å²) in [6.45, 7) is 2.02. The van der Waals surface area contributed by atoms with Crippen molar-refractivity contribution in [3.63, 3.8) is 0 Å². The minimum atomic E-state index is -1.35. The molecule has 0 fully saturated rings. The number of carbonyl (C=O) groups is 5. The Hall–Kier alpha value is -5.57. The third-order valence-electron chi connectivity index (χ3n) is 6.48. The quantitative estimate of drug-likeness (QED) is 0.218. The predicted octanol–water partition coefficient (Wildman–Crippen LogP) is 4.83. The fraction of sp³-hybridized carbons (Fsp3) is 0.0938. The van der Waals surface area contributed by atoms with E-state index in [1.54, 1.807) is 12.1 Å². The monoisotopic (exact) mass is 550 g/mol. The molecule has 0 saturated heterocycles. The molecule has 4 aromatic rings. The lowest BCUT2D eigenvalue weighted by Gasteiger charge is -2.12. The average Bonchev–Trinajstić information content (AvgIpc) is 2.97. The van der Waals surface area contributed by atoms with Crippen molar-refractivity contribution in [1.29, 1.82) is 0 Å². The lowest BCUT2D eigenvalue weighted by Crippen LogP contribution is -2.22. The van der Waals surface area contributed by atoms with Gasteiger partial charge in [-0.1, -0.05) is 54.1 Å². The van der Waals surface area contributed by atoms with E-state index in [2.05, 4.69) is 10.6 Å².